The molecule has 0 amide bonds. The highest BCUT2D eigenvalue weighted by molar-refractivity contribution is 5.38. The van der Waals surface area contributed by atoms with Crippen LogP contribution in [0.5, 0.6) is 11.5 Å². The third-order valence-corrected chi connectivity index (χ3v) is 5.07. The molecule has 2 aromatic rings. The average Bonchev–Trinajstić information content (AvgIpc) is 2.68. The summed E-state index contributed by atoms with van der Waals surface area (Å²) in [5, 5.41) is 0. The van der Waals surface area contributed by atoms with Crippen molar-refractivity contribution in [2.45, 2.75) is 32.2 Å². The molecule has 1 aromatic carbocycles. The zero-order valence-electron chi connectivity index (χ0n) is 15.3. The van der Waals surface area contributed by atoms with Crippen molar-refractivity contribution < 1.29 is 9.47 Å². The number of nitrogens with zero attached hydrogens (tertiary/aromatic N) is 2. The van der Waals surface area contributed by atoms with Crippen LogP contribution >= 0.6 is 0 Å². The maximum Gasteiger partial charge on any atom is 0.122 e. The van der Waals surface area contributed by atoms with Crippen molar-refractivity contribution in [3.8, 4) is 11.5 Å². The van der Waals surface area contributed by atoms with Gasteiger partial charge in [-0.2, -0.15) is 0 Å². The number of aromatic nitrogens is 1. The lowest BCUT2D eigenvalue weighted by atomic mass is 9.90. The Labute approximate surface area is 150 Å². The molecule has 134 valence electrons. The van der Waals surface area contributed by atoms with Crippen molar-refractivity contribution in [1.82, 2.24) is 9.88 Å². The van der Waals surface area contributed by atoms with Crippen LogP contribution in [0.25, 0.3) is 0 Å². The molecule has 0 N–H and O–H groups in total. The predicted octanol–water partition coefficient (Wildman–Crippen LogP) is 3.94. The number of likely N-dealkylation sites (tertiary alicyclic amines) is 1. The molecule has 2 heterocycles. The van der Waals surface area contributed by atoms with E-state index >= 15 is 0 Å². The Morgan fingerprint density at radius 3 is 2.36 bits per heavy atom. The largest absolute Gasteiger partial charge is 0.497 e. The Hall–Kier alpha value is -2.07. The number of ether oxygens (including phenoxy) is 2. The number of methoxy groups -OCH3 is 2. The second kappa shape index (κ2) is 8.86. The van der Waals surface area contributed by atoms with Gasteiger partial charge in [0.1, 0.15) is 11.5 Å². The molecule has 4 nitrogen and oxygen atoms in total. The summed E-state index contributed by atoms with van der Waals surface area (Å²) in [6.07, 6.45) is 6.73. The van der Waals surface area contributed by atoms with E-state index in [-0.39, 0.29) is 0 Å². The topological polar surface area (TPSA) is 34.6 Å². The van der Waals surface area contributed by atoms with Gasteiger partial charge in [-0.1, -0.05) is 6.07 Å². The van der Waals surface area contributed by atoms with Crippen molar-refractivity contribution in [2.24, 2.45) is 5.92 Å². The molecule has 25 heavy (non-hydrogen) atoms. The summed E-state index contributed by atoms with van der Waals surface area (Å²) in [4.78, 5) is 6.96. The number of piperidine rings is 1. The van der Waals surface area contributed by atoms with Gasteiger partial charge in [0.2, 0.25) is 0 Å². The Bertz CT molecular complexity index is 630. The molecule has 1 aliphatic rings. The van der Waals surface area contributed by atoms with Crippen LogP contribution in [0, 0.1) is 5.92 Å². The van der Waals surface area contributed by atoms with Crippen LogP contribution < -0.4 is 9.47 Å². The standard InChI is InChI=1S/C21H28N2O2/c1-24-20-13-18(14-21(15-20)25-2)7-6-17-8-11-23(12-9-17)16-19-5-3-4-10-22-19/h3-5,10,13-15,17H,6-9,11-12,16H2,1-2H3. The monoisotopic (exact) mass is 340 g/mol. The van der Waals surface area contributed by atoms with E-state index in [0.717, 1.165) is 30.4 Å². The molecule has 0 aliphatic carbocycles. The second-order valence-electron chi connectivity index (χ2n) is 6.80. The maximum absolute atomic E-state index is 5.37. The van der Waals surface area contributed by atoms with E-state index in [2.05, 4.69) is 34.1 Å². The first-order valence-electron chi connectivity index (χ1n) is 9.11. The summed E-state index contributed by atoms with van der Waals surface area (Å²) in [6, 6.07) is 12.3. The van der Waals surface area contributed by atoms with E-state index in [0.29, 0.717) is 0 Å². The van der Waals surface area contributed by atoms with Crippen LogP contribution in [0.3, 0.4) is 0 Å². The maximum atomic E-state index is 5.37. The van der Waals surface area contributed by atoms with Crippen LogP contribution in [0.15, 0.2) is 42.6 Å². The highest BCUT2D eigenvalue weighted by Crippen LogP contribution is 2.27. The van der Waals surface area contributed by atoms with Gasteiger partial charge in [0.15, 0.2) is 0 Å². The first-order chi connectivity index (χ1) is 12.3. The van der Waals surface area contributed by atoms with Gasteiger partial charge in [0.05, 0.1) is 19.9 Å². The second-order valence-corrected chi connectivity index (χ2v) is 6.80. The number of hydrogen-bond acceptors (Lipinski definition) is 4. The summed E-state index contributed by atoms with van der Waals surface area (Å²) in [5.74, 6) is 2.55. The molecule has 3 rings (SSSR count). The molecule has 1 aromatic heterocycles. The Kier molecular flexibility index (Phi) is 6.29. The number of pyridine rings is 1. The number of hydrogen-bond donors (Lipinski definition) is 0. The minimum absolute atomic E-state index is 0.803. The average molecular weight is 340 g/mol. The van der Waals surface area contributed by atoms with Crippen LogP contribution in [0.1, 0.15) is 30.5 Å². The van der Waals surface area contributed by atoms with Gasteiger partial charge in [0.25, 0.3) is 0 Å². The Morgan fingerprint density at radius 2 is 1.76 bits per heavy atom. The Morgan fingerprint density at radius 1 is 1.04 bits per heavy atom. The van der Waals surface area contributed by atoms with Gasteiger partial charge in [0, 0.05) is 18.8 Å². The van der Waals surface area contributed by atoms with Gasteiger partial charge in [-0.25, -0.2) is 0 Å². The van der Waals surface area contributed by atoms with E-state index in [1.165, 1.54) is 43.6 Å². The van der Waals surface area contributed by atoms with Crippen molar-refractivity contribution in [3.05, 3.63) is 53.9 Å². The molecule has 1 aliphatic heterocycles. The van der Waals surface area contributed by atoms with E-state index in [4.69, 9.17) is 9.47 Å². The van der Waals surface area contributed by atoms with Crippen molar-refractivity contribution in [3.63, 3.8) is 0 Å². The normalized spacial score (nSPS) is 15.9. The van der Waals surface area contributed by atoms with Gasteiger partial charge in [-0.05, 0) is 74.5 Å². The van der Waals surface area contributed by atoms with Gasteiger partial charge in [-0.3, -0.25) is 9.88 Å². The molecule has 0 atom stereocenters. The first kappa shape index (κ1) is 17.7. The number of rotatable bonds is 7. The van der Waals surface area contributed by atoms with Crippen LogP contribution in [-0.4, -0.2) is 37.2 Å². The minimum Gasteiger partial charge on any atom is -0.497 e. The number of benzene rings is 1. The van der Waals surface area contributed by atoms with E-state index in [1.807, 2.05) is 18.3 Å². The lowest BCUT2D eigenvalue weighted by Gasteiger charge is -2.31. The number of aryl methyl sites for hydroxylation is 1. The highest BCUT2D eigenvalue weighted by atomic mass is 16.5. The summed E-state index contributed by atoms with van der Waals surface area (Å²) in [7, 11) is 3.41. The molecule has 0 radical (unpaired) electrons. The molecule has 0 saturated carbocycles. The molecule has 1 saturated heterocycles. The Balaban J connectivity index is 1.46. The SMILES string of the molecule is COc1cc(CCC2CCN(Cc3ccccn3)CC2)cc(OC)c1. The first-order valence-corrected chi connectivity index (χ1v) is 9.11. The zero-order valence-corrected chi connectivity index (χ0v) is 15.3. The smallest absolute Gasteiger partial charge is 0.122 e. The molecule has 0 unspecified atom stereocenters. The molecule has 1 fully saturated rings. The minimum atomic E-state index is 0.803. The van der Waals surface area contributed by atoms with Gasteiger partial charge in [-0.15, -0.1) is 0 Å². The molecular formula is C21H28N2O2. The predicted molar refractivity (Wildman–Crippen MR) is 100 cm³/mol. The highest BCUT2D eigenvalue weighted by Gasteiger charge is 2.19. The third kappa shape index (κ3) is 5.20. The van der Waals surface area contributed by atoms with E-state index in [9.17, 15) is 0 Å². The fraction of sp³-hybridized carbons (Fsp3) is 0.476. The third-order valence-electron chi connectivity index (χ3n) is 5.07. The van der Waals surface area contributed by atoms with E-state index < -0.39 is 0 Å². The van der Waals surface area contributed by atoms with Crippen molar-refractivity contribution in [1.29, 1.82) is 0 Å². The summed E-state index contributed by atoms with van der Waals surface area (Å²) in [6.45, 7) is 3.31. The summed E-state index contributed by atoms with van der Waals surface area (Å²) >= 11 is 0. The lowest BCUT2D eigenvalue weighted by molar-refractivity contribution is 0.171. The molecule has 0 spiro atoms. The molecule has 0 bridgehead atoms. The molecule has 4 heteroatoms. The van der Waals surface area contributed by atoms with Gasteiger partial charge < -0.3 is 9.47 Å². The fourth-order valence-electron chi connectivity index (χ4n) is 3.54. The van der Waals surface area contributed by atoms with Crippen LogP contribution in [0.2, 0.25) is 0 Å². The van der Waals surface area contributed by atoms with Crippen molar-refractivity contribution >= 4 is 0 Å². The fourth-order valence-corrected chi connectivity index (χ4v) is 3.54. The van der Waals surface area contributed by atoms with Crippen LogP contribution in [0.4, 0.5) is 0 Å². The summed E-state index contributed by atoms with van der Waals surface area (Å²) < 4.78 is 10.7. The lowest BCUT2D eigenvalue weighted by Crippen LogP contribution is -2.33. The molecular weight excluding hydrogens is 312 g/mol. The van der Waals surface area contributed by atoms with Crippen molar-refractivity contribution in [2.75, 3.05) is 27.3 Å². The van der Waals surface area contributed by atoms with Crippen LogP contribution in [-0.2, 0) is 13.0 Å². The van der Waals surface area contributed by atoms with Gasteiger partial charge >= 0.3 is 0 Å². The zero-order chi connectivity index (χ0) is 17.5. The quantitative estimate of drug-likeness (QED) is 0.764. The van der Waals surface area contributed by atoms with E-state index in [1.54, 1.807) is 14.2 Å². The summed E-state index contributed by atoms with van der Waals surface area (Å²) in [5.41, 5.74) is 2.47.